The molecule has 0 aliphatic carbocycles. The van der Waals surface area contributed by atoms with Crippen LogP contribution in [0.15, 0.2) is 23.1 Å². The van der Waals surface area contributed by atoms with Gasteiger partial charge in [0.15, 0.2) is 0 Å². The molecule has 0 aromatic heterocycles. The van der Waals surface area contributed by atoms with Crippen molar-refractivity contribution in [3.63, 3.8) is 0 Å². The highest BCUT2D eigenvalue weighted by molar-refractivity contribution is 7.89. The minimum absolute atomic E-state index is 0.0263. The molecule has 0 saturated carbocycles. The zero-order chi connectivity index (χ0) is 15.6. The Morgan fingerprint density at radius 3 is 2.43 bits per heavy atom. The minimum Gasteiger partial charge on any atom is -0.286 e. The summed E-state index contributed by atoms with van der Waals surface area (Å²) in [5.41, 5.74) is 0. The molecule has 1 atom stereocenters. The number of nitrogens with zero attached hydrogens (tertiary/aromatic N) is 3. The quantitative estimate of drug-likeness (QED) is 0.840. The molecule has 0 bridgehead atoms. The van der Waals surface area contributed by atoms with Gasteiger partial charge in [-0.2, -0.15) is 9.57 Å². The first kappa shape index (κ1) is 16.5. The second-order valence-corrected chi connectivity index (χ2v) is 7.49. The smallest absolute Gasteiger partial charge is 0.244 e. The Morgan fingerprint density at radius 1 is 1.24 bits per heavy atom. The molecule has 1 fully saturated rings. The lowest BCUT2D eigenvalue weighted by molar-refractivity contribution is 0.169. The largest absolute Gasteiger partial charge is 0.286 e. The molecule has 1 aromatic rings. The van der Waals surface area contributed by atoms with Crippen LogP contribution in [-0.2, 0) is 10.0 Å². The Bertz CT molecular complexity index is 664. The number of benzene rings is 1. The summed E-state index contributed by atoms with van der Waals surface area (Å²) < 4.78 is 26.6. The van der Waals surface area contributed by atoms with Gasteiger partial charge >= 0.3 is 0 Å². The van der Waals surface area contributed by atoms with Crippen LogP contribution in [0.4, 0.5) is 0 Å². The fraction of sp³-hybridized carbons (Fsp3) is 0.462. The third-order valence-corrected chi connectivity index (χ3v) is 6.41. The monoisotopic (exact) mass is 347 g/mol. The van der Waals surface area contributed by atoms with Crippen LogP contribution in [0.1, 0.15) is 6.92 Å². The Balaban J connectivity index is 2.19. The fourth-order valence-electron chi connectivity index (χ4n) is 2.24. The van der Waals surface area contributed by atoms with E-state index in [9.17, 15) is 8.42 Å². The first-order valence-electron chi connectivity index (χ1n) is 6.45. The Labute approximate surface area is 134 Å². The standard InChI is InChI=1S/C13H15Cl2N3O2S/c1-10(9-16)17-5-7-18(8-6-17)21(19,20)12-4-2-3-11(14)13(12)15/h2-4,10H,5-8H2,1H3/t10-/m1/s1. The van der Waals surface area contributed by atoms with Gasteiger partial charge < -0.3 is 0 Å². The van der Waals surface area contributed by atoms with Crippen LogP contribution >= 0.6 is 23.2 Å². The van der Waals surface area contributed by atoms with Gasteiger partial charge in [0.05, 0.1) is 22.2 Å². The van der Waals surface area contributed by atoms with E-state index in [-0.39, 0.29) is 21.0 Å². The lowest BCUT2D eigenvalue weighted by Crippen LogP contribution is -2.50. The molecule has 8 heteroatoms. The molecule has 2 rings (SSSR count). The van der Waals surface area contributed by atoms with Gasteiger partial charge in [0, 0.05) is 26.2 Å². The average Bonchev–Trinajstić information content (AvgIpc) is 2.49. The zero-order valence-corrected chi connectivity index (χ0v) is 13.8. The van der Waals surface area contributed by atoms with Crippen molar-refractivity contribution in [2.24, 2.45) is 0 Å². The summed E-state index contributed by atoms with van der Waals surface area (Å²) in [5.74, 6) is 0. The van der Waals surface area contributed by atoms with Crippen LogP contribution in [0.25, 0.3) is 0 Å². The molecule has 1 heterocycles. The maximum atomic E-state index is 12.6. The van der Waals surface area contributed by atoms with Crippen LogP contribution < -0.4 is 0 Å². The fourth-order valence-corrected chi connectivity index (χ4v) is 4.39. The molecular formula is C13H15Cl2N3O2S. The van der Waals surface area contributed by atoms with Crippen molar-refractivity contribution >= 4 is 33.2 Å². The van der Waals surface area contributed by atoms with E-state index in [4.69, 9.17) is 28.5 Å². The molecule has 21 heavy (non-hydrogen) atoms. The third kappa shape index (κ3) is 3.33. The number of rotatable bonds is 3. The maximum absolute atomic E-state index is 12.6. The second-order valence-electron chi connectivity index (χ2n) is 4.80. The molecule has 1 aliphatic rings. The van der Waals surface area contributed by atoms with Crippen molar-refractivity contribution in [3.8, 4) is 6.07 Å². The van der Waals surface area contributed by atoms with Crippen molar-refractivity contribution in [1.29, 1.82) is 5.26 Å². The molecular weight excluding hydrogens is 333 g/mol. The first-order valence-corrected chi connectivity index (χ1v) is 8.65. The van der Waals surface area contributed by atoms with Gasteiger partial charge in [-0.3, -0.25) is 4.90 Å². The molecule has 1 saturated heterocycles. The number of hydrogen-bond donors (Lipinski definition) is 0. The minimum atomic E-state index is -3.66. The molecule has 0 amide bonds. The highest BCUT2D eigenvalue weighted by Crippen LogP contribution is 2.31. The van der Waals surface area contributed by atoms with E-state index in [0.29, 0.717) is 26.2 Å². The average molecular weight is 348 g/mol. The molecule has 0 N–H and O–H groups in total. The molecule has 1 aliphatic heterocycles. The molecule has 1 aromatic carbocycles. The number of hydrogen-bond acceptors (Lipinski definition) is 4. The molecule has 5 nitrogen and oxygen atoms in total. The summed E-state index contributed by atoms with van der Waals surface area (Å²) in [6, 6.07) is 6.51. The first-order chi connectivity index (χ1) is 9.87. The SMILES string of the molecule is C[C@H](C#N)N1CCN(S(=O)(=O)c2cccc(Cl)c2Cl)CC1. The van der Waals surface area contributed by atoms with Gasteiger partial charge in [-0.1, -0.05) is 29.3 Å². The van der Waals surface area contributed by atoms with Crippen molar-refractivity contribution in [2.45, 2.75) is 17.9 Å². The predicted octanol–water partition coefficient (Wildman–Crippen LogP) is 2.21. The number of nitriles is 1. The van der Waals surface area contributed by atoms with Crippen molar-refractivity contribution in [1.82, 2.24) is 9.21 Å². The van der Waals surface area contributed by atoms with Gasteiger partial charge in [-0.15, -0.1) is 0 Å². The van der Waals surface area contributed by atoms with Crippen LogP contribution in [0.5, 0.6) is 0 Å². The highest BCUT2D eigenvalue weighted by atomic mass is 35.5. The Kier molecular flexibility index (Phi) is 5.12. The molecule has 114 valence electrons. The van der Waals surface area contributed by atoms with Crippen LogP contribution in [0.2, 0.25) is 10.0 Å². The Morgan fingerprint density at radius 2 is 1.86 bits per heavy atom. The highest BCUT2D eigenvalue weighted by Gasteiger charge is 2.31. The second kappa shape index (κ2) is 6.51. The van der Waals surface area contributed by atoms with E-state index >= 15 is 0 Å². The van der Waals surface area contributed by atoms with Crippen molar-refractivity contribution < 1.29 is 8.42 Å². The zero-order valence-electron chi connectivity index (χ0n) is 11.5. The van der Waals surface area contributed by atoms with Crippen molar-refractivity contribution in [2.75, 3.05) is 26.2 Å². The van der Waals surface area contributed by atoms with E-state index in [1.54, 1.807) is 19.1 Å². The van der Waals surface area contributed by atoms with E-state index in [2.05, 4.69) is 6.07 Å². The topological polar surface area (TPSA) is 64.4 Å². The molecule has 0 radical (unpaired) electrons. The van der Waals surface area contributed by atoms with Crippen molar-refractivity contribution in [3.05, 3.63) is 28.2 Å². The van der Waals surface area contributed by atoms with Gasteiger partial charge in [-0.05, 0) is 19.1 Å². The lowest BCUT2D eigenvalue weighted by atomic mass is 10.2. The summed E-state index contributed by atoms with van der Waals surface area (Å²) in [5, 5.41) is 9.17. The third-order valence-electron chi connectivity index (χ3n) is 3.54. The van der Waals surface area contributed by atoms with E-state index < -0.39 is 10.0 Å². The summed E-state index contributed by atoms with van der Waals surface area (Å²) >= 11 is 11.9. The number of piperazine rings is 1. The Hall–Kier alpha value is -0.840. The lowest BCUT2D eigenvalue weighted by Gasteiger charge is -2.35. The summed E-state index contributed by atoms with van der Waals surface area (Å²) in [7, 11) is -3.66. The normalized spacial score (nSPS) is 19.1. The summed E-state index contributed by atoms with van der Waals surface area (Å²) in [6.45, 7) is 3.50. The van der Waals surface area contributed by atoms with Crippen LogP contribution in [-0.4, -0.2) is 49.8 Å². The molecule has 0 unspecified atom stereocenters. The number of halogens is 2. The van der Waals surface area contributed by atoms with E-state index in [1.807, 2.05) is 4.90 Å². The van der Waals surface area contributed by atoms with E-state index in [1.165, 1.54) is 10.4 Å². The molecule has 0 spiro atoms. The van der Waals surface area contributed by atoms with Gasteiger partial charge in [0.1, 0.15) is 4.90 Å². The van der Waals surface area contributed by atoms with Crippen LogP contribution in [0.3, 0.4) is 0 Å². The number of sulfonamides is 1. The van der Waals surface area contributed by atoms with Gasteiger partial charge in [0.25, 0.3) is 0 Å². The predicted molar refractivity (Wildman–Crippen MR) is 81.9 cm³/mol. The van der Waals surface area contributed by atoms with Gasteiger partial charge in [0.2, 0.25) is 10.0 Å². The summed E-state index contributed by atoms with van der Waals surface area (Å²) in [6.07, 6.45) is 0. The summed E-state index contributed by atoms with van der Waals surface area (Å²) in [4.78, 5) is 1.98. The maximum Gasteiger partial charge on any atom is 0.244 e. The van der Waals surface area contributed by atoms with Crippen LogP contribution in [0, 0.1) is 11.3 Å². The van der Waals surface area contributed by atoms with E-state index in [0.717, 1.165) is 0 Å². The van der Waals surface area contributed by atoms with Gasteiger partial charge in [-0.25, -0.2) is 8.42 Å².